The first kappa shape index (κ1) is 20.4. The van der Waals surface area contributed by atoms with Gasteiger partial charge in [0.1, 0.15) is 5.76 Å². The molecule has 6 heteroatoms. The van der Waals surface area contributed by atoms with E-state index in [2.05, 4.69) is 56.9 Å². The molecule has 1 aromatic carbocycles. The second-order valence-corrected chi connectivity index (χ2v) is 7.74. The molecule has 0 amide bonds. The minimum atomic E-state index is 0.471. The van der Waals surface area contributed by atoms with Crippen molar-refractivity contribution in [2.24, 2.45) is 4.99 Å². The Hall–Kier alpha value is -2.34. The van der Waals surface area contributed by atoms with Gasteiger partial charge in [0.25, 0.3) is 0 Å². The fourth-order valence-corrected chi connectivity index (χ4v) is 3.86. The topological polar surface area (TPSA) is 65.7 Å². The largest absolute Gasteiger partial charge is 0.361 e. The Morgan fingerprint density at radius 1 is 1.25 bits per heavy atom. The molecule has 0 bridgehead atoms. The quantitative estimate of drug-likeness (QED) is 0.593. The second kappa shape index (κ2) is 9.73. The maximum absolute atomic E-state index is 5.23. The number of piperidine rings is 1. The van der Waals surface area contributed by atoms with E-state index in [1.54, 1.807) is 0 Å². The van der Waals surface area contributed by atoms with Gasteiger partial charge in [-0.1, -0.05) is 35.0 Å². The number of guanidine groups is 1. The molecule has 0 radical (unpaired) electrons. The standard InChI is InChI=1S/C22H33N5O/c1-16-6-5-7-19(14-16)15-27-12-9-20(10-13-27)25-22(23-4)24-11-8-21-17(2)26-28-18(21)3/h5-7,14,20H,8-13,15H2,1-4H3,(H2,23,24,25). The summed E-state index contributed by atoms with van der Waals surface area (Å²) in [6.45, 7) is 10.2. The number of aliphatic imine (C=N–C) groups is 1. The molecule has 0 unspecified atom stereocenters. The SMILES string of the molecule is CN=C(NCCc1c(C)noc1C)NC1CCN(Cc2cccc(C)c2)CC1. The first-order valence-corrected chi connectivity index (χ1v) is 10.2. The van der Waals surface area contributed by atoms with E-state index in [4.69, 9.17) is 4.52 Å². The van der Waals surface area contributed by atoms with Crippen molar-refractivity contribution in [3.05, 3.63) is 52.4 Å². The maximum Gasteiger partial charge on any atom is 0.191 e. The number of aromatic nitrogens is 1. The normalized spacial score (nSPS) is 16.4. The summed E-state index contributed by atoms with van der Waals surface area (Å²) in [7, 11) is 1.83. The smallest absolute Gasteiger partial charge is 0.191 e. The highest BCUT2D eigenvalue weighted by Gasteiger charge is 2.20. The van der Waals surface area contributed by atoms with Crippen LogP contribution < -0.4 is 10.6 Å². The molecule has 1 aliphatic rings. The maximum atomic E-state index is 5.23. The zero-order chi connectivity index (χ0) is 19.9. The lowest BCUT2D eigenvalue weighted by molar-refractivity contribution is 0.198. The van der Waals surface area contributed by atoms with Crippen LogP contribution in [-0.4, -0.2) is 48.7 Å². The van der Waals surface area contributed by atoms with Crippen molar-refractivity contribution in [3.63, 3.8) is 0 Å². The number of benzene rings is 1. The molecule has 0 aliphatic carbocycles. The Labute approximate surface area is 168 Å². The molecule has 152 valence electrons. The summed E-state index contributed by atoms with van der Waals surface area (Å²) in [6.07, 6.45) is 3.16. The zero-order valence-electron chi connectivity index (χ0n) is 17.6. The minimum Gasteiger partial charge on any atom is -0.361 e. The number of likely N-dealkylation sites (tertiary alicyclic amines) is 1. The van der Waals surface area contributed by atoms with Crippen molar-refractivity contribution in [1.29, 1.82) is 0 Å². The number of nitrogens with zero attached hydrogens (tertiary/aromatic N) is 3. The molecule has 2 aromatic rings. The Bertz CT molecular complexity index is 770. The average Bonchev–Trinajstić information content (AvgIpc) is 3.00. The molecular weight excluding hydrogens is 350 g/mol. The lowest BCUT2D eigenvalue weighted by Gasteiger charge is -2.33. The van der Waals surface area contributed by atoms with Crippen LogP contribution in [0.5, 0.6) is 0 Å². The van der Waals surface area contributed by atoms with Gasteiger partial charge in [0.15, 0.2) is 5.96 Å². The Morgan fingerprint density at radius 2 is 2.04 bits per heavy atom. The van der Waals surface area contributed by atoms with Crippen molar-refractivity contribution in [2.45, 2.75) is 52.6 Å². The highest BCUT2D eigenvalue weighted by Crippen LogP contribution is 2.15. The van der Waals surface area contributed by atoms with Gasteiger partial charge in [0, 0.05) is 44.8 Å². The van der Waals surface area contributed by atoms with E-state index in [9.17, 15) is 0 Å². The zero-order valence-corrected chi connectivity index (χ0v) is 17.6. The van der Waals surface area contributed by atoms with Crippen LogP contribution in [0.25, 0.3) is 0 Å². The van der Waals surface area contributed by atoms with E-state index in [1.165, 1.54) is 16.7 Å². The fraction of sp³-hybridized carbons (Fsp3) is 0.545. The highest BCUT2D eigenvalue weighted by molar-refractivity contribution is 5.79. The lowest BCUT2D eigenvalue weighted by atomic mass is 10.0. The summed E-state index contributed by atoms with van der Waals surface area (Å²) in [5.74, 6) is 1.78. The Morgan fingerprint density at radius 3 is 2.68 bits per heavy atom. The highest BCUT2D eigenvalue weighted by atomic mass is 16.5. The molecule has 0 spiro atoms. The van der Waals surface area contributed by atoms with Crippen LogP contribution >= 0.6 is 0 Å². The van der Waals surface area contributed by atoms with Gasteiger partial charge in [-0.2, -0.15) is 0 Å². The van der Waals surface area contributed by atoms with E-state index >= 15 is 0 Å². The van der Waals surface area contributed by atoms with Gasteiger partial charge >= 0.3 is 0 Å². The van der Waals surface area contributed by atoms with Crippen molar-refractivity contribution in [2.75, 3.05) is 26.7 Å². The third kappa shape index (κ3) is 5.58. The van der Waals surface area contributed by atoms with Crippen molar-refractivity contribution >= 4 is 5.96 Å². The van der Waals surface area contributed by atoms with Gasteiger partial charge in [-0.15, -0.1) is 0 Å². The van der Waals surface area contributed by atoms with Crippen LogP contribution in [0.15, 0.2) is 33.8 Å². The molecule has 6 nitrogen and oxygen atoms in total. The van der Waals surface area contributed by atoms with Gasteiger partial charge in [-0.25, -0.2) is 0 Å². The van der Waals surface area contributed by atoms with Gasteiger partial charge in [0.2, 0.25) is 0 Å². The molecule has 3 rings (SSSR count). The average molecular weight is 384 g/mol. The monoisotopic (exact) mass is 383 g/mol. The van der Waals surface area contributed by atoms with Crippen LogP contribution in [0.3, 0.4) is 0 Å². The molecule has 1 aliphatic heterocycles. The predicted molar refractivity (Wildman–Crippen MR) is 114 cm³/mol. The van der Waals surface area contributed by atoms with Gasteiger partial charge < -0.3 is 15.2 Å². The van der Waals surface area contributed by atoms with E-state index < -0.39 is 0 Å². The molecule has 2 N–H and O–H groups in total. The van der Waals surface area contributed by atoms with Gasteiger partial charge in [0.05, 0.1) is 5.69 Å². The van der Waals surface area contributed by atoms with Crippen LogP contribution in [0.4, 0.5) is 0 Å². The number of hydrogen-bond donors (Lipinski definition) is 2. The first-order valence-electron chi connectivity index (χ1n) is 10.2. The summed E-state index contributed by atoms with van der Waals surface area (Å²) >= 11 is 0. The van der Waals surface area contributed by atoms with Crippen LogP contribution in [0, 0.1) is 20.8 Å². The third-order valence-corrected chi connectivity index (χ3v) is 5.49. The Balaban J connectivity index is 1.40. The van der Waals surface area contributed by atoms with Crippen LogP contribution in [0.2, 0.25) is 0 Å². The molecule has 1 fully saturated rings. The molecular formula is C22H33N5O. The van der Waals surface area contributed by atoms with Crippen LogP contribution in [-0.2, 0) is 13.0 Å². The number of aryl methyl sites for hydroxylation is 3. The molecule has 1 saturated heterocycles. The lowest BCUT2D eigenvalue weighted by Crippen LogP contribution is -2.48. The van der Waals surface area contributed by atoms with Crippen LogP contribution in [0.1, 0.15) is 41.0 Å². The molecule has 0 saturated carbocycles. The first-order chi connectivity index (χ1) is 13.5. The minimum absolute atomic E-state index is 0.471. The summed E-state index contributed by atoms with van der Waals surface area (Å²) in [5, 5.41) is 11.0. The number of nitrogens with one attached hydrogen (secondary N) is 2. The number of hydrogen-bond acceptors (Lipinski definition) is 4. The molecule has 0 atom stereocenters. The predicted octanol–water partition coefficient (Wildman–Crippen LogP) is 2.97. The second-order valence-electron chi connectivity index (χ2n) is 7.74. The van der Waals surface area contributed by atoms with Gasteiger partial charge in [-0.05, 0) is 45.6 Å². The summed E-state index contributed by atoms with van der Waals surface area (Å²) < 4.78 is 5.23. The van der Waals surface area contributed by atoms with Gasteiger partial charge in [-0.3, -0.25) is 9.89 Å². The summed E-state index contributed by atoms with van der Waals surface area (Å²) in [6, 6.07) is 9.29. The summed E-state index contributed by atoms with van der Waals surface area (Å²) in [4.78, 5) is 6.93. The molecule has 2 heterocycles. The number of rotatable bonds is 6. The Kier molecular flexibility index (Phi) is 7.09. The van der Waals surface area contributed by atoms with Crippen molar-refractivity contribution in [1.82, 2.24) is 20.7 Å². The molecule has 1 aromatic heterocycles. The van der Waals surface area contributed by atoms with Crippen molar-refractivity contribution < 1.29 is 4.52 Å². The molecule has 28 heavy (non-hydrogen) atoms. The fourth-order valence-electron chi connectivity index (χ4n) is 3.86. The summed E-state index contributed by atoms with van der Waals surface area (Å²) in [5.41, 5.74) is 4.90. The van der Waals surface area contributed by atoms with Crippen molar-refractivity contribution in [3.8, 4) is 0 Å². The van der Waals surface area contributed by atoms with E-state index in [1.807, 2.05) is 20.9 Å². The van der Waals surface area contributed by atoms with E-state index in [0.717, 1.165) is 62.9 Å². The third-order valence-electron chi connectivity index (χ3n) is 5.49. The van der Waals surface area contributed by atoms with E-state index in [-0.39, 0.29) is 0 Å². The van der Waals surface area contributed by atoms with E-state index in [0.29, 0.717) is 6.04 Å².